The number of aromatic nitrogens is 1. The number of rotatable bonds is 6. The van der Waals surface area contributed by atoms with Crippen molar-refractivity contribution in [2.75, 3.05) is 6.61 Å². The van der Waals surface area contributed by atoms with E-state index >= 15 is 0 Å². The van der Waals surface area contributed by atoms with Crippen molar-refractivity contribution >= 4 is 35.2 Å². The second-order valence-corrected chi connectivity index (χ2v) is 14.2. The van der Waals surface area contributed by atoms with Crippen LogP contribution in [0, 0.1) is 17.2 Å². The molecule has 1 heterocycles. The Morgan fingerprint density at radius 1 is 1.32 bits per heavy atom. The van der Waals surface area contributed by atoms with Crippen molar-refractivity contribution in [1.82, 2.24) is 4.57 Å². The average Bonchev–Trinajstić information content (AvgIpc) is 2.82. The Bertz CT molecular complexity index is 783. The lowest BCUT2D eigenvalue weighted by molar-refractivity contribution is 0.237. The highest BCUT2D eigenvalue weighted by Gasteiger charge is 2.37. The monoisotopic (exact) mass is 420 g/mol. The normalized spacial score (nSPS) is 13.8. The minimum absolute atomic E-state index is 0.237. The van der Waals surface area contributed by atoms with Crippen molar-refractivity contribution < 1.29 is 4.43 Å². The predicted octanol–water partition coefficient (Wildman–Crippen LogP) is 6.13. The zero-order chi connectivity index (χ0) is 18.8. The van der Waals surface area contributed by atoms with Gasteiger partial charge in [-0.05, 0) is 54.2 Å². The molecule has 1 aromatic heterocycles. The van der Waals surface area contributed by atoms with Crippen LogP contribution >= 0.6 is 15.9 Å². The van der Waals surface area contributed by atoms with Crippen LogP contribution in [0.25, 0.3) is 10.9 Å². The number of hydrogen-bond acceptors (Lipinski definition) is 2. The first-order valence-electron chi connectivity index (χ1n) is 8.83. The van der Waals surface area contributed by atoms with Crippen LogP contribution in [0.5, 0.6) is 0 Å². The van der Waals surface area contributed by atoms with E-state index in [1.807, 2.05) is 10.6 Å². The van der Waals surface area contributed by atoms with E-state index in [9.17, 15) is 0 Å². The first-order chi connectivity index (χ1) is 11.5. The maximum absolute atomic E-state index is 9.08. The van der Waals surface area contributed by atoms with Gasteiger partial charge in [-0.15, -0.1) is 0 Å². The lowest BCUT2D eigenvalue weighted by Gasteiger charge is -2.37. The standard InChI is InChI=1S/C20H29BrN2OSi/c1-15(14-24-25(5,6)20(2,3)4)11-16-13-23(10-9-22)19-8-7-17(21)12-18(16)19/h7-8,12-13,15H,10-11,14H2,1-6H3. The Balaban J connectivity index is 2.17. The van der Waals surface area contributed by atoms with E-state index in [1.54, 1.807) is 0 Å². The maximum Gasteiger partial charge on any atom is 0.191 e. The fraction of sp³-hybridized carbons (Fsp3) is 0.550. The second-order valence-electron chi connectivity index (χ2n) is 8.48. The van der Waals surface area contributed by atoms with Crippen molar-refractivity contribution in [3.8, 4) is 6.07 Å². The van der Waals surface area contributed by atoms with E-state index < -0.39 is 8.32 Å². The molecular formula is C20H29BrN2OSi. The fourth-order valence-corrected chi connectivity index (χ4v) is 4.21. The molecule has 2 aromatic rings. The van der Waals surface area contributed by atoms with Gasteiger partial charge in [0.15, 0.2) is 8.32 Å². The minimum Gasteiger partial charge on any atom is -0.417 e. The van der Waals surface area contributed by atoms with Gasteiger partial charge in [0.1, 0.15) is 6.54 Å². The summed E-state index contributed by atoms with van der Waals surface area (Å²) in [5, 5.41) is 10.5. The quantitative estimate of drug-likeness (QED) is 0.527. The molecule has 0 amide bonds. The Labute approximate surface area is 161 Å². The molecular weight excluding hydrogens is 392 g/mol. The van der Waals surface area contributed by atoms with Crippen molar-refractivity contribution in [2.45, 2.75) is 58.8 Å². The highest BCUT2D eigenvalue weighted by molar-refractivity contribution is 9.10. The number of fused-ring (bicyclic) bond motifs is 1. The van der Waals surface area contributed by atoms with Gasteiger partial charge in [0, 0.05) is 28.2 Å². The summed E-state index contributed by atoms with van der Waals surface area (Å²) in [6.45, 7) is 14.8. The lowest BCUT2D eigenvalue weighted by Crippen LogP contribution is -2.41. The third-order valence-electron chi connectivity index (χ3n) is 5.27. The van der Waals surface area contributed by atoms with Gasteiger partial charge in [0.2, 0.25) is 0 Å². The number of benzene rings is 1. The third kappa shape index (κ3) is 4.75. The van der Waals surface area contributed by atoms with Crippen LogP contribution in [0.1, 0.15) is 33.3 Å². The van der Waals surface area contributed by atoms with Gasteiger partial charge in [0.05, 0.1) is 6.07 Å². The van der Waals surface area contributed by atoms with Gasteiger partial charge in [0.25, 0.3) is 0 Å². The highest BCUT2D eigenvalue weighted by Crippen LogP contribution is 2.37. The Kier molecular flexibility index (Phi) is 6.19. The smallest absolute Gasteiger partial charge is 0.191 e. The van der Waals surface area contributed by atoms with Crippen molar-refractivity contribution in [1.29, 1.82) is 5.26 Å². The zero-order valence-corrected chi connectivity index (χ0v) is 18.8. The molecule has 1 aromatic carbocycles. The molecule has 1 unspecified atom stereocenters. The molecule has 136 valence electrons. The molecule has 0 saturated carbocycles. The summed E-state index contributed by atoms with van der Waals surface area (Å²) in [6, 6.07) is 8.52. The number of hydrogen-bond donors (Lipinski definition) is 0. The first-order valence-corrected chi connectivity index (χ1v) is 12.5. The second kappa shape index (κ2) is 7.65. The molecule has 0 spiro atoms. The maximum atomic E-state index is 9.08. The molecule has 0 aliphatic carbocycles. The zero-order valence-electron chi connectivity index (χ0n) is 16.2. The largest absolute Gasteiger partial charge is 0.417 e. The van der Waals surface area contributed by atoms with E-state index in [0.717, 1.165) is 23.0 Å². The van der Waals surface area contributed by atoms with Crippen LogP contribution in [0.2, 0.25) is 18.1 Å². The van der Waals surface area contributed by atoms with Crippen LogP contribution in [0.4, 0.5) is 0 Å². The molecule has 5 heteroatoms. The van der Waals surface area contributed by atoms with Crippen LogP contribution in [-0.4, -0.2) is 19.5 Å². The number of nitrogens with zero attached hydrogens (tertiary/aromatic N) is 2. The topological polar surface area (TPSA) is 38.0 Å². The molecule has 3 nitrogen and oxygen atoms in total. The van der Waals surface area contributed by atoms with Gasteiger partial charge >= 0.3 is 0 Å². The predicted molar refractivity (Wildman–Crippen MR) is 111 cm³/mol. The van der Waals surface area contributed by atoms with E-state index in [2.05, 4.69) is 81.1 Å². The summed E-state index contributed by atoms with van der Waals surface area (Å²) in [4.78, 5) is 0. The molecule has 2 rings (SSSR count). The molecule has 1 atom stereocenters. The lowest BCUT2D eigenvalue weighted by atomic mass is 10.0. The fourth-order valence-electron chi connectivity index (χ4n) is 2.71. The Morgan fingerprint density at radius 3 is 2.60 bits per heavy atom. The van der Waals surface area contributed by atoms with E-state index in [-0.39, 0.29) is 5.04 Å². The molecule has 0 fully saturated rings. The summed E-state index contributed by atoms with van der Waals surface area (Å²) in [5.41, 5.74) is 2.41. The van der Waals surface area contributed by atoms with Crippen molar-refractivity contribution in [3.63, 3.8) is 0 Å². The Morgan fingerprint density at radius 2 is 2.00 bits per heavy atom. The third-order valence-corrected chi connectivity index (χ3v) is 10.3. The van der Waals surface area contributed by atoms with Crippen LogP contribution < -0.4 is 0 Å². The van der Waals surface area contributed by atoms with Crippen LogP contribution in [-0.2, 0) is 17.4 Å². The summed E-state index contributed by atoms with van der Waals surface area (Å²) in [6.07, 6.45) is 3.09. The Hall–Kier alpha value is -1.09. The highest BCUT2D eigenvalue weighted by atomic mass is 79.9. The molecule has 0 saturated heterocycles. The molecule has 0 radical (unpaired) electrons. The molecule has 0 aliphatic heterocycles. The summed E-state index contributed by atoms with van der Waals surface area (Å²) < 4.78 is 9.50. The molecule has 0 bridgehead atoms. The summed E-state index contributed by atoms with van der Waals surface area (Å²) in [5.74, 6) is 0.439. The minimum atomic E-state index is -1.71. The van der Waals surface area contributed by atoms with Crippen molar-refractivity contribution in [2.24, 2.45) is 5.92 Å². The number of nitriles is 1. The van der Waals surface area contributed by atoms with E-state index in [1.165, 1.54) is 10.9 Å². The summed E-state index contributed by atoms with van der Waals surface area (Å²) in [7, 11) is -1.71. The van der Waals surface area contributed by atoms with Crippen LogP contribution in [0.15, 0.2) is 28.9 Å². The van der Waals surface area contributed by atoms with E-state index in [0.29, 0.717) is 12.5 Å². The average molecular weight is 421 g/mol. The summed E-state index contributed by atoms with van der Waals surface area (Å²) >= 11 is 3.57. The van der Waals surface area contributed by atoms with Gasteiger partial charge in [-0.25, -0.2) is 0 Å². The van der Waals surface area contributed by atoms with Gasteiger partial charge in [-0.1, -0.05) is 43.6 Å². The first kappa shape index (κ1) is 20.2. The van der Waals surface area contributed by atoms with Crippen LogP contribution in [0.3, 0.4) is 0 Å². The van der Waals surface area contributed by atoms with Gasteiger partial charge in [-0.2, -0.15) is 5.26 Å². The number of halogens is 1. The SMILES string of the molecule is CC(CO[Si](C)(C)C(C)(C)C)Cc1cn(CC#N)c2ccc(Br)cc12. The molecule has 0 aliphatic rings. The molecule has 0 N–H and O–H groups in total. The van der Waals surface area contributed by atoms with Crippen molar-refractivity contribution in [3.05, 3.63) is 34.4 Å². The van der Waals surface area contributed by atoms with E-state index in [4.69, 9.17) is 9.69 Å². The van der Waals surface area contributed by atoms with Gasteiger partial charge in [-0.3, -0.25) is 0 Å². The molecule has 25 heavy (non-hydrogen) atoms. The van der Waals surface area contributed by atoms with Gasteiger partial charge < -0.3 is 8.99 Å².